The average molecular weight is 373 g/mol. The second-order valence-electron chi connectivity index (χ2n) is 4.68. The number of Topliss-reactive ketones (excluding diaryl/α,β-unsaturated/α-hetero) is 1. The summed E-state index contributed by atoms with van der Waals surface area (Å²) < 4.78 is 1.14. The van der Waals surface area contributed by atoms with Crippen molar-refractivity contribution in [3.63, 3.8) is 0 Å². The van der Waals surface area contributed by atoms with E-state index in [1.807, 2.05) is 7.05 Å². The van der Waals surface area contributed by atoms with Crippen LogP contribution in [0.5, 0.6) is 0 Å². The molecule has 1 heterocycles. The van der Waals surface area contributed by atoms with Crippen LogP contribution in [0.4, 0.5) is 0 Å². The van der Waals surface area contributed by atoms with Gasteiger partial charge in [0.1, 0.15) is 0 Å². The molecular weight excluding hydrogens is 358 g/mol. The molecule has 0 bridgehead atoms. The fourth-order valence-corrected chi connectivity index (χ4v) is 3.22. The van der Waals surface area contributed by atoms with E-state index in [1.165, 1.54) is 5.56 Å². The molecule has 5 heteroatoms. The Bertz CT molecular complexity index is 582. The van der Waals surface area contributed by atoms with Crippen LogP contribution in [-0.2, 0) is 6.54 Å². The first-order chi connectivity index (χ1) is 9.54. The van der Waals surface area contributed by atoms with Gasteiger partial charge in [-0.1, -0.05) is 11.6 Å². The lowest BCUT2D eigenvalue weighted by molar-refractivity contribution is 0.0968. The van der Waals surface area contributed by atoms with Crippen molar-refractivity contribution in [2.24, 2.45) is 0 Å². The van der Waals surface area contributed by atoms with Crippen LogP contribution in [-0.4, -0.2) is 24.3 Å². The second-order valence-corrected chi connectivity index (χ2v) is 7.40. The standard InChI is InChI=1S/C15H15BrClNOS/c1-18(9-11-8-15(16)20-10-11)7-6-14(19)12-2-4-13(17)5-3-12/h2-5,8,10H,6-7,9H2,1H3. The number of carbonyl (C=O) groups is 1. The molecule has 0 atom stereocenters. The Kier molecular flexibility index (Phi) is 5.78. The SMILES string of the molecule is CN(CCC(=O)c1ccc(Cl)cc1)Cc1csc(Br)c1. The highest BCUT2D eigenvalue weighted by Crippen LogP contribution is 2.21. The summed E-state index contributed by atoms with van der Waals surface area (Å²) in [6.07, 6.45) is 0.517. The van der Waals surface area contributed by atoms with Crippen molar-refractivity contribution in [1.29, 1.82) is 0 Å². The van der Waals surface area contributed by atoms with E-state index < -0.39 is 0 Å². The number of hydrogen-bond donors (Lipinski definition) is 0. The van der Waals surface area contributed by atoms with Gasteiger partial charge in [0.05, 0.1) is 3.79 Å². The van der Waals surface area contributed by atoms with Gasteiger partial charge in [0.2, 0.25) is 0 Å². The number of rotatable bonds is 6. The fraction of sp³-hybridized carbons (Fsp3) is 0.267. The van der Waals surface area contributed by atoms with Crippen LogP contribution in [0, 0.1) is 0 Å². The first kappa shape index (κ1) is 15.7. The summed E-state index contributed by atoms with van der Waals surface area (Å²) >= 11 is 10.9. The molecule has 20 heavy (non-hydrogen) atoms. The van der Waals surface area contributed by atoms with Crippen molar-refractivity contribution >= 4 is 44.7 Å². The van der Waals surface area contributed by atoms with E-state index in [4.69, 9.17) is 11.6 Å². The maximum Gasteiger partial charge on any atom is 0.164 e. The van der Waals surface area contributed by atoms with Gasteiger partial charge in [-0.2, -0.15) is 0 Å². The number of nitrogens with zero attached hydrogens (tertiary/aromatic N) is 1. The first-order valence-corrected chi connectivity index (χ1v) is 8.30. The van der Waals surface area contributed by atoms with Gasteiger partial charge >= 0.3 is 0 Å². The lowest BCUT2D eigenvalue weighted by Crippen LogP contribution is -2.21. The third-order valence-corrected chi connectivity index (χ3v) is 4.77. The van der Waals surface area contributed by atoms with Crippen LogP contribution in [0.2, 0.25) is 5.02 Å². The molecule has 106 valence electrons. The summed E-state index contributed by atoms with van der Waals surface area (Å²) in [5.74, 6) is 0.153. The third kappa shape index (κ3) is 4.70. The Balaban J connectivity index is 1.82. The van der Waals surface area contributed by atoms with E-state index in [2.05, 4.69) is 32.3 Å². The van der Waals surface area contributed by atoms with Crippen molar-refractivity contribution in [1.82, 2.24) is 4.90 Å². The first-order valence-electron chi connectivity index (χ1n) is 6.25. The van der Waals surface area contributed by atoms with Gasteiger partial charge in [-0.3, -0.25) is 4.79 Å². The molecule has 0 aliphatic heterocycles. The van der Waals surface area contributed by atoms with E-state index in [9.17, 15) is 4.79 Å². The molecule has 0 N–H and O–H groups in total. The van der Waals surface area contributed by atoms with Gasteiger partial charge in [-0.25, -0.2) is 0 Å². The third-order valence-electron chi connectivity index (χ3n) is 2.96. The molecule has 0 radical (unpaired) electrons. The minimum Gasteiger partial charge on any atom is -0.302 e. The summed E-state index contributed by atoms with van der Waals surface area (Å²) in [7, 11) is 2.03. The molecule has 1 aromatic heterocycles. The van der Waals surface area contributed by atoms with Crippen LogP contribution < -0.4 is 0 Å². The largest absolute Gasteiger partial charge is 0.302 e. The Hall–Kier alpha value is -0.680. The summed E-state index contributed by atoms with van der Waals surface area (Å²) in [5, 5.41) is 2.78. The van der Waals surface area contributed by atoms with Crippen molar-refractivity contribution in [2.45, 2.75) is 13.0 Å². The predicted molar refractivity (Wildman–Crippen MR) is 88.8 cm³/mol. The van der Waals surface area contributed by atoms with E-state index in [1.54, 1.807) is 35.6 Å². The maximum atomic E-state index is 12.0. The van der Waals surface area contributed by atoms with Gasteiger partial charge in [-0.15, -0.1) is 11.3 Å². The van der Waals surface area contributed by atoms with Crippen LogP contribution >= 0.6 is 38.9 Å². The molecule has 2 aromatic rings. The Labute approximate surface area is 136 Å². The molecule has 2 rings (SSSR count). The van der Waals surface area contributed by atoms with E-state index in [-0.39, 0.29) is 5.78 Å². The van der Waals surface area contributed by atoms with Crippen molar-refractivity contribution in [2.75, 3.05) is 13.6 Å². The molecule has 0 aliphatic carbocycles. The average Bonchev–Trinajstić information content (AvgIpc) is 2.82. The molecule has 0 aliphatic rings. The van der Waals surface area contributed by atoms with Gasteiger partial charge in [-0.05, 0) is 64.3 Å². The van der Waals surface area contributed by atoms with Crippen LogP contribution in [0.15, 0.2) is 39.5 Å². The zero-order valence-corrected chi connectivity index (χ0v) is 14.3. The summed E-state index contributed by atoms with van der Waals surface area (Å²) in [6, 6.07) is 9.17. The van der Waals surface area contributed by atoms with Crippen molar-refractivity contribution in [3.8, 4) is 0 Å². The van der Waals surface area contributed by atoms with E-state index in [0.29, 0.717) is 11.4 Å². The number of halogens is 2. The second kappa shape index (κ2) is 7.36. The fourth-order valence-electron chi connectivity index (χ4n) is 1.89. The minimum absolute atomic E-state index is 0.153. The molecule has 0 amide bonds. The zero-order chi connectivity index (χ0) is 14.5. The highest BCUT2D eigenvalue weighted by Gasteiger charge is 2.08. The van der Waals surface area contributed by atoms with Gasteiger partial charge in [0.25, 0.3) is 0 Å². The van der Waals surface area contributed by atoms with Gasteiger partial charge < -0.3 is 4.90 Å². The van der Waals surface area contributed by atoms with Gasteiger partial charge in [0.15, 0.2) is 5.78 Å². The number of benzene rings is 1. The lowest BCUT2D eigenvalue weighted by atomic mass is 10.1. The Morgan fingerprint density at radius 2 is 2.05 bits per heavy atom. The molecule has 0 unspecified atom stereocenters. The monoisotopic (exact) mass is 371 g/mol. The number of thiophene rings is 1. The molecule has 1 aromatic carbocycles. The van der Waals surface area contributed by atoms with Crippen LogP contribution in [0.25, 0.3) is 0 Å². The maximum absolute atomic E-state index is 12.0. The smallest absolute Gasteiger partial charge is 0.164 e. The minimum atomic E-state index is 0.153. The topological polar surface area (TPSA) is 20.3 Å². The zero-order valence-electron chi connectivity index (χ0n) is 11.1. The predicted octanol–water partition coefficient (Wildman–Crippen LogP) is 4.87. The van der Waals surface area contributed by atoms with Crippen molar-refractivity contribution in [3.05, 3.63) is 55.6 Å². The van der Waals surface area contributed by atoms with Crippen LogP contribution in [0.1, 0.15) is 22.3 Å². The molecule has 0 saturated carbocycles. The molecule has 2 nitrogen and oxygen atoms in total. The van der Waals surface area contributed by atoms with E-state index >= 15 is 0 Å². The lowest BCUT2D eigenvalue weighted by Gasteiger charge is -2.15. The molecule has 0 saturated heterocycles. The summed E-state index contributed by atoms with van der Waals surface area (Å²) in [6.45, 7) is 1.60. The number of hydrogen-bond acceptors (Lipinski definition) is 3. The highest BCUT2D eigenvalue weighted by molar-refractivity contribution is 9.11. The van der Waals surface area contributed by atoms with Gasteiger partial charge in [0, 0.05) is 30.1 Å². The Morgan fingerprint density at radius 1 is 1.35 bits per heavy atom. The normalized spacial score (nSPS) is 11.0. The molecular formula is C15H15BrClNOS. The Morgan fingerprint density at radius 3 is 2.65 bits per heavy atom. The summed E-state index contributed by atoms with van der Waals surface area (Å²) in [4.78, 5) is 14.2. The van der Waals surface area contributed by atoms with Crippen molar-refractivity contribution < 1.29 is 4.79 Å². The summed E-state index contributed by atoms with van der Waals surface area (Å²) in [5.41, 5.74) is 1.99. The highest BCUT2D eigenvalue weighted by atomic mass is 79.9. The quantitative estimate of drug-likeness (QED) is 0.674. The number of carbonyl (C=O) groups excluding carboxylic acids is 1. The molecule has 0 fully saturated rings. The van der Waals surface area contributed by atoms with Crippen LogP contribution in [0.3, 0.4) is 0 Å². The number of ketones is 1. The van der Waals surface area contributed by atoms with E-state index in [0.717, 1.165) is 22.4 Å². The molecule has 0 spiro atoms.